The highest BCUT2D eigenvalue weighted by molar-refractivity contribution is 6.32. The van der Waals surface area contributed by atoms with Gasteiger partial charge in [-0.2, -0.15) is 0 Å². The highest BCUT2D eigenvalue weighted by Gasteiger charge is 2.29. The Kier molecular flexibility index (Phi) is 7.30. The largest absolute Gasteiger partial charge is 0.495 e. The molecule has 0 atom stereocenters. The van der Waals surface area contributed by atoms with Gasteiger partial charge in [0.1, 0.15) is 5.75 Å². The molecule has 2 rings (SSSR count). The second-order valence-electron chi connectivity index (χ2n) is 4.96. The van der Waals surface area contributed by atoms with Crippen LogP contribution in [0, 0.1) is 0 Å². The van der Waals surface area contributed by atoms with Gasteiger partial charge in [0.25, 0.3) is 0 Å². The van der Waals surface area contributed by atoms with Gasteiger partial charge in [0.15, 0.2) is 0 Å². The molecule has 0 radical (unpaired) electrons. The number of nitrogens with zero attached hydrogens (tertiary/aromatic N) is 1. The minimum atomic E-state index is 0. The summed E-state index contributed by atoms with van der Waals surface area (Å²) in [4.78, 5) is 2.39. The van der Waals surface area contributed by atoms with Crippen LogP contribution in [0.25, 0.3) is 0 Å². The van der Waals surface area contributed by atoms with Crippen LogP contribution in [-0.4, -0.2) is 32.3 Å². The van der Waals surface area contributed by atoms with Crippen molar-refractivity contribution in [2.24, 2.45) is 0 Å². The van der Waals surface area contributed by atoms with Crippen molar-refractivity contribution in [2.75, 3.05) is 31.6 Å². The number of nitrogens with one attached hydrogen (secondary N) is 1. The quantitative estimate of drug-likeness (QED) is 0.901. The minimum absolute atomic E-state index is 0. The van der Waals surface area contributed by atoms with Crippen LogP contribution < -0.4 is 15.0 Å². The molecular weight excluding hydrogens is 307 g/mol. The lowest BCUT2D eigenvalue weighted by atomic mass is 9.99. The molecule has 1 heterocycles. The molecule has 1 aliphatic heterocycles. The number of piperazine rings is 1. The van der Waals surface area contributed by atoms with E-state index in [1.807, 2.05) is 12.1 Å². The molecule has 1 aromatic carbocycles. The fourth-order valence-electron chi connectivity index (χ4n) is 2.28. The van der Waals surface area contributed by atoms with Crippen molar-refractivity contribution in [2.45, 2.75) is 19.4 Å². The van der Waals surface area contributed by atoms with Crippen molar-refractivity contribution in [3.05, 3.63) is 23.2 Å². The van der Waals surface area contributed by atoms with E-state index in [1.165, 1.54) is 0 Å². The summed E-state index contributed by atoms with van der Waals surface area (Å²) < 4.78 is 5.27. The van der Waals surface area contributed by atoms with Crippen molar-refractivity contribution in [3.63, 3.8) is 0 Å². The smallest absolute Gasteiger partial charge is 0.139 e. The van der Waals surface area contributed by atoms with Crippen LogP contribution in [0.1, 0.15) is 13.8 Å². The molecule has 1 fully saturated rings. The summed E-state index contributed by atoms with van der Waals surface area (Å²) in [5.74, 6) is 0.735. The van der Waals surface area contributed by atoms with Crippen LogP contribution in [-0.2, 0) is 0 Å². The molecule has 1 aliphatic rings. The molecule has 1 aromatic rings. The molecule has 1 saturated heterocycles. The third-order valence-electron chi connectivity index (χ3n) is 3.25. The number of hydrogen-bond donors (Lipinski definition) is 1. The Hall–Kier alpha value is -0.350. The van der Waals surface area contributed by atoms with E-state index >= 15 is 0 Å². The first-order chi connectivity index (χ1) is 8.04. The third-order valence-corrected chi connectivity index (χ3v) is 3.56. The number of halogens is 3. The Morgan fingerprint density at radius 3 is 2.58 bits per heavy atom. The molecule has 3 nitrogen and oxygen atoms in total. The van der Waals surface area contributed by atoms with Crippen molar-refractivity contribution in [1.82, 2.24) is 5.32 Å². The number of hydrogen-bond acceptors (Lipinski definition) is 3. The third kappa shape index (κ3) is 4.06. The molecule has 0 bridgehead atoms. The first-order valence-corrected chi connectivity index (χ1v) is 6.24. The number of ether oxygens (including phenoxy) is 1. The summed E-state index contributed by atoms with van der Waals surface area (Å²) in [5.41, 5.74) is 1.27. The number of rotatable bonds is 2. The van der Waals surface area contributed by atoms with Crippen molar-refractivity contribution in [3.8, 4) is 5.75 Å². The lowest BCUT2D eigenvalue weighted by molar-refractivity contribution is 0.379. The van der Waals surface area contributed by atoms with Crippen molar-refractivity contribution < 1.29 is 4.74 Å². The highest BCUT2D eigenvalue weighted by Crippen LogP contribution is 2.32. The maximum Gasteiger partial charge on any atom is 0.139 e. The average Bonchev–Trinajstić information content (AvgIpc) is 2.30. The van der Waals surface area contributed by atoms with E-state index < -0.39 is 0 Å². The van der Waals surface area contributed by atoms with Crippen LogP contribution in [0.3, 0.4) is 0 Å². The fourth-order valence-corrected chi connectivity index (χ4v) is 2.47. The zero-order valence-corrected chi connectivity index (χ0v) is 13.8. The molecule has 0 spiro atoms. The second kappa shape index (κ2) is 7.44. The number of benzene rings is 1. The lowest BCUT2D eigenvalue weighted by Crippen LogP contribution is -2.58. The van der Waals surface area contributed by atoms with Gasteiger partial charge in [-0.25, -0.2) is 0 Å². The van der Waals surface area contributed by atoms with Crippen molar-refractivity contribution in [1.29, 1.82) is 0 Å². The Balaban J connectivity index is 0.00000162. The van der Waals surface area contributed by atoms with Crippen LogP contribution in [0.15, 0.2) is 18.2 Å². The van der Waals surface area contributed by atoms with E-state index in [0.717, 1.165) is 31.1 Å². The SMILES string of the molecule is COc1cc(N2CCNCC2(C)C)ccc1Cl.Cl.Cl. The standard InChI is InChI=1S/C13H19ClN2O.2ClH/c1-13(2)9-15-6-7-16(13)10-4-5-11(14)12(8-10)17-3;;/h4-5,8,15H,6-7,9H2,1-3H3;2*1H. The fraction of sp³-hybridized carbons (Fsp3) is 0.538. The van der Waals surface area contributed by atoms with Gasteiger partial charge in [-0.15, -0.1) is 24.8 Å². The second-order valence-corrected chi connectivity index (χ2v) is 5.37. The predicted molar refractivity (Wildman–Crippen MR) is 86.8 cm³/mol. The molecule has 0 amide bonds. The van der Waals surface area contributed by atoms with Crippen LogP contribution in [0.2, 0.25) is 5.02 Å². The molecule has 19 heavy (non-hydrogen) atoms. The average molecular weight is 328 g/mol. The van der Waals surface area contributed by atoms with E-state index in [4.69, 9.17) is 16.3 Å². The summed E-state index contributed by atoms with van der Waals surface area (Å²) in [7, 11) is 1.65. The summed E-state index contributed by atoms with van der Waals surface area (Å²) in [6, 6.07) is 5.96. The Morgan fingerprint density at radius 1 is 1.32 bits per heavy atom. The van der Waals surface area contributed by atoms with Gasteiger partial charge in [-0.3, -0.25) is 0 Å². The molecular formula is C13H21Cl3N2O. The van der Waals surface area contributed by atoms with E-state index in [-0.39, 0.29) is 30.4 Å². The summed E-state index contributed by atoms with van der Waals surface area (Å²) in [6.45, 7) is 7.46. The maximum absolute atomic E-state index is 6.05. The summed E-state index contributed by atoms with van der Waals surface area (Å²) in [5, 5.41) is 4.07. The Morgan fingerprint density at radius 2 is 2.00 bits per heavy atom. The zero-order chi connectivity index (χ0) is 12.5. The van der Waals surface area contributed by atoms with Crippen LogP contribution in [0.5, 0.6) is 5.75 Å². The van der Waals surface area contributed by atoms with E-state index in [0.29, 0.717) is 5.02 Å². The van der Waals surface area contributed by atoms with E-state index in [1.54, 1.807) is 7.11 Å². The monoisotopic (exact) mass is 326 g/mol. The van der Waals surface area contributed by atoms with Crippen molar-refractivity contribution >= 4 is 42.1 Å². The van der Waals surface area contributed by atoms with Gasteiger partial charge in [0.05, 0.1) is 12.1 Å². The van der Waals surface area contributed by atoms with Gasteiger partial charge in [-0.1, -0.05) is 11.6 Å². The highest BCUT2D eigenvalue weighted by atomic mass is 35.5. The van der Waals surface area contributed by atoms with Gasteiger partial charge >= 0.3 is 0 Å². The number of methoxy groups -OCH3 is 1. The zero-order valence-electron chi connectivity index (χ0n) is 11.4. The predicted octanol–water partition coefficient (Wildman–Crippen LogP) is 3.38. The lowest BCUT2D eigenvalue weighted by Gasteiger charge is -2.44. The molecule has 6 heteroatoms. The normalized spacial score (nSPS) is 17.2. The minimum Gasteiger partial charge on any atom is -0.495 e. The molecule has 0 aliphatic carbocycles. The van der Waals surface area contributed by atoms with Gasteiger partial charge in [0, 0.05) is 36.9 Å². The van der Waals surface area contributed by atoms with Crippen LogP contribution in [0.4, 0.5) is 5.69 Å². The molecule has 1 N–H and O–H groups in total. The Labute approximate surface area is 132 Å². The van der Waals surface area contributed by atoms with E-state index in [2.05, 4.69) is 30.1 Å². The van der Waals surface area contributed by atoms with Gasteiger partial charge in [-0.05, 0) is 26.0 Å². The first kappa shape index (κ1) is 18.7. The topological polar surface area (TPSA) is 24.5 Å². The maximum atomic E-state index is 6.05. The number of anilines is 1. The molecule has 110 valence electrons. The first-order valence-electron chi connectivity index (χ1n) is 5.86. The van der Waals surface area contributed by atoms with Gasteiger partial charge in [0.2, 0.25) is 0 Å². The van der Waals surface area contributed by atoms with Crippen LogP contribution >= 0.6 is 36.4 Å². The summed E-state index contributed by atoms with van der Waals surface area (Å²) >= 11 is 6.05. The molecule has 0 saturated carbocycles. The Bertz CT molecular complexity index is 413. The molecule has 0 unspecified atom stereocenters. The van der Waals surface area contributed by atoms with Gasteiger partial charge < -0.3 is 15.0 Å². The molecule has 0 aromatic heterocycles. The summed E-state index contributed by atoms with van der Waals surface area (Å²) in [6.07, 6.45) is 0. The van der Waals surface area contributed by atoms with E-state index in [9.17, 15) is 0 Å².